The molecule has 0 aromatic heterocycles. The number of fused-ring (bicyclic) bond motifs is 7. The molecule has 0 amide bonds. The van der Waals surface area contributed by atoms with Crippen molar-refractivity contribution in [2.24, 2.45) is 23.7 Å². The van der Waals surface area contributed by atoms with Crippen molar-refractivity contribution >= 4 is 49.4 Å². The summed E-state index contributed by atoms with van der Waals surface area (Å²) in [5.74, 6) is 3.36. The molecule has 1 nitrogen and oxygen atoms in total. The fourth-order valence-corrected chi connectivity index (χ4v) is 11.3. The predicted molar refractivity (Wildman–Crippen MR) is 197 cm³/mol. The number of benzene rings is 7. The van der Waals surface area contributed by atoms with Crippen LogP contribution >= 0.6 is 0 Å². The molecule has 0 N–H and O–H groups in total. The molecule has 5 aliphatic carbocycles. The Morgan fingerprint density at radius 2 is 1.04 bits per heavy atom. The Labute approximate surface area is 276 Å². The second kappa shape index (κ2) is 9.58. The highest BCUT2D eigenvalue weighted by Crippen LogP contribution is 2.70. The molecule has 1 heteroatoms. The molecule has 1 spiro atoms. The van der Waals surface area contributed by atoms with Gasteiger partial charge in [0.05, 0.1) is 11.4 Å². The summed E-state index contributed by atoms with van der Waals surface area (Å²) in [5, 5.41) is 7.73. The van der Waals surface area contributed by atoms with Gasteiger partial charge in [-0.1, -0.05) is 115 Å². The average Bonchev–Trinajstić information content (AvgIpc) is 3.42. The molecule has 0 aliphatic heterocycles. The Bertz CT molecular complexity index is 2360. The van der Waals surface area contributed by atoms with Crippen molar-refractivity contribution in [1.82, 2.24) is 0 Å². The predicted octanol–water partition coefficient (Wildman–Crippen LogP) is 12.3. The second-order valence-electron chi connectivity index (χ2n) is 14.9. The normalized spacial score (nSPS) is 25.1. The van der Waals surface area contributed by atoms with Crippen LogP contribution in [0.5, 0.6) is 0 Å². The summed E-state index contributed by atoms with van der Waals surface area (Å²) in [6.45, 7) is 0. The van der Waals surface area contributed by atoms with Crippen molar-refractivity contribution < 1.29 is 0 Å². The van der Waals surface area contributed by atoms with Crippen molar-refractivity contribution in [1.29, 1.82) is 0 Å². The fourth-order valence-electron chi connectivity index (χ4n) is 11.3. The van der Waals surface area contributed by atoms with Gasteiger partial charge in [0.25, 0.3) is 0 Å². The van der Waals surface area contributed by atoms with Crippen LogP contribution in [0.4, 0.5) is 17.1 Å². The van der Waals surface area contributed by atoms with Crippen molar-refractivity contribution in [2.75, 3.05) is 4.90 Å². The number of rotatable bonds is 3. The van der Waals surface area contributed by atoms with Crippen molar-refractivity contribution in [3.63, 3.8) is 0 Å². The van der Waals surface area contributed by atoms with Crippen LogP contribution in [0.3, 0.4) is 0 Å². The molecule has 7 aromatic rings. The van der Waals surface area contributed by atoms with Gasteiger partial charge >= 0.3 is 0 Å². The van der Waals surface area contributed by atoms with Gasteiger partial charge in [0.2, 0.25) is 0 Å². The maximum absolute atomic E-state index is 2.58. The van der Waals surface area contributed by atoms with Gasteiger partial charge in [-0.05, 0) is 124 Å². The van der Waals surface area contributed by atoms with Crippen molar-refractivity contribution in [2.45, 2.75) is 37.5 Å². The number of hydrogen-bond acceptors (Lipinski definition) is 1. The Balaban J connectivity index is 1.20. The van der Waals surface area contributed by atoms with Crippen LogP contribution in [0, 0.1) is 23.7 Å². The maximum atomic E-state index is 2.58. The Morgan fingerprint density at radius 1 is 0.447 bits per heavy atom. The second-order valence-corrected chi connectivity index (χ2v) is 14.9. The molecule has 226 valence electrons. The van der Waals surface area contributed by atoms with Crippen molar-refractivity contribution in [3.05, 3.63) is 151 Å². The highest BCUT2D eigenvalue weighted by molar-refractivity contribution is 6.10. The number of anilines is 3. The number of hydrogen-bond donors (Lipinski definition) is 0. The lowest BCUT2D eigenvalue weighted by molar-refractivity contribution is -0.0399. The lowest BCUT2D eigenvalue weighted by Crippen LogP contribution is -2.55. The largest absolute Gasteiger partial charge is 0.309 e. The van der Waals surface area contributed by atoms with E-state index >= 15 is 0 Å². The summed E-state index contributed by atoms with van der Waals surface area (Å²) >= 11 is 0. The van der Waals surface area contributed by atoms with E-state index in [2.05, 4.69) is 144 Å². The van der Waals surface area contributed by atoms with Crippen molar-refractivity contribution in [3.8, 4) is 11.1 Å². The van der Waals surface area contributed by atoms with Crippen LogP contribution in [0.1, 0.15) is 43.2 Å². The Kier molecular flexibility index (Phi) is 5.34. The molecule has 0 unspecified atom stereocenters. The molecule has 0 saturated heterocycles. The maximum Gasteiger partial charge on any atom is 0.0543 e. The first-order chi connectivity index (χ1) is 23.3. The first-order valence-electron chi connectivity index (χ1n) is 17.7. The van der Waals surface area contributed by atoms with Gasteiger partial charge in [0.15, 0.2) is 0 Å². The summed E-state index contributed by atoms with van der Waals surface area (Å²) in [5.41, 5.74) is 10.0. The summed E-state index contributed by atoms with van der Waals surface area (Å²) < 4.78 is 0. The molecule has 4 saturated carbocycles. The SMILES string of the molecule is c1ccc2c(c1)-c1c(N(c3ccc4c(ccc5ccccc54)c3)c3cccc4ccccc34)cccc1C21C2CC3CC(C2)CC1C3. The minimum Gasteiger partial charge on any atom is -0.309 e. The van der Waals surface area contributed by atoms with E-state index in [9.17, 15) is 0 Å². The van der Waals surface area contributed by atoms with E-state index in [4.69, 9.17) is 0 Å². The molecule has 7 aromatic carbocycles. The van der Waals surface area contributed by atoms with Gasteiger partial charge in [-0.2, -0.15) is 0 Å². The smallest absolute Gasteiger partial charge is 0.0543 e. The van der Waals surface area contributed by atoms with Crippen LogP contribution in [0.2, 0.25) is 0 Å². The van der Waals surface area contributed by atoms with Gasteiger partial charge in [0.1, 0.15) is 0 Å². The third-order valence-electron chi connectivity index (χ3n) is 12.8. The van der Waals surface area contributed by atoms with E-state index in [-0.39, 0.29) is 5.41 Å². The summed E-state index contributed by atoms with van der Waals surface area (Å²) in [6, 6.07) is 53.0. The lowest BCUT2D eigenvalue weighted by Gasteiger charge is -2.61. The van der Waals surface area contributed by atoms with E-state index in [0.717, 1.165) is 23.7 Å². The van der Waals surface area contributed by atoms with Gasteiger partial charge < -0.3 is 4.90 Å². The molecule has 4 bridgehead atoms. The van der Waals surface area contributed by atoms with Gasteiger partial charge in [-0.3, -0.25) is 0 Å². The average molecular weight is 604 g/mol. The molecule has 12 rings (SSSR count). The van der Waals surface area contributed by atoms with E-state index in [1.54, 1.807) is 11.1 Å². The van der Waals surface area contributed by atoms with Crippen LogP contribution in [-0.2, 0) is 5.41 Å². The highest BCUT2D eigenvalue weighted by Gasteiger charge is 2.61. The lowest BCUT2D eigenvalue weighted by atomic mass is 9.43. The standard InChI is InChI=1S/C46H37N/c1-3-12-37-32(10-1)19-20-33-28-36(21-22-38(33)37)47(43-17-7-11-31-9-2-4-13-39(31)43)44-18-8-16-42-45(44)40-14-5-6-15-41(40)46(42)34-24-29-23-30(26-34)27-35(46)25-29/h1-22,28-30,34-35H,23-27H2. The summed E-state index contributed by atoms with van der Waals surface area (Å²) in [6.07, 6.45) is 7.07. The molecule has 0 radical (unpaired) electrons. The topological polar surface area (TPSA) is 3.24 Å². The molecular weight excluding hydrogens is 567 g/mol. The zero-order chi connectivity index (χ0) is 30.7. The van der Waals surface area contributed by atoms with Crippen LogP contribution in [0.25, 0.3) is 43.4 Å². The zero-order valence-electron chi connectivity index (χ0n) is 26.6. The molecule has 0 heterocycles. The van der Waals surface area contributed by atoms with Crippen LogP contribution < -0.4 is 4.90 Å². The summed E-state index contributed by atoms with van der Waals surface area (Å²) in [7, 11) is 0. The summed E-state index contributed by atoms with van der Waals surface area (Å²) in [4.78, 5) is 2.58. The Morgan fingerprint density at radius 3 is 1.87 bits per heavy atom. The molecule has 0 atom stereocenters. The third-order valence-corrected chi connectivity index (χ3v) is 12.8. The Hall–Kier alpha value is -4.88. The third kappa shape index (κ3) is 3.50. The van der Waals surface area contributed by atoms with Gasteiger partial charge in [0, 0.05) is 22.1 Å². The first kappa shape index (κ1) is 26.2. The van der Waals surface area contributed by atoms with E-state index in [1.807, 2.05) is 0 Å². The monoisotopic (exact) mass is 603 g/mol. The quantitative estimate of drug-likeness (QED) is 0.182. The van der Waals surface area contributed by atoms with E-state index in [0.29, 0.717) is 0 Å². The molecular formula is C46H37N. The first-order valence-corrected chi connectivity index (χ1v) is 17.7. The number of nitrogens with zero attached hydrogens (tertiary/aromatic N) is 1. The van der Waals surface area contributed by atoms with E-state index < -0.39 is 0 Å². The minimum atomic E-state index is 0.141. The molecule has 47 heavy (non-hydrogen) atoms. The van der Waals surface area contributed by atoms with Gasteiger partial charge in [-0.25, -0.2) is 0 Å². The highest BCUT2D eigenvalue weighted by atomic mass is 15.1. The molecule has 4 fully saturated rings. The van der Waals surface area contributed by atoms with Crippen LogP contribution in [0.15, 0.2) is 140 Å². The van der Waals surface area contributed by atoms with E-state index in [1.165, 1.54) is 92.6 Å². The molecule has 5 aliphatic rings. The van der Waals surface area contributed by atoms with Crippen LogP contribution in [-0.4, -0.2) is 0 Å². The minimum absolute atomic E-state index is 0.141. The fraction of sp³-hybridized carbons (Fsp3) is 0.217. The zero-order valence-corrected chi connectivity index (χ0v) is 26.6. The van der Waals surface area contributed by atoms with Gasteiger partial charge in [-0.15, -0.1) is 0 Å².